The van der Waals surface area contributed by atoms with Gasteiger partial charge in [-0.15, -0.1) is 0 Å². The minimum Gasteiger partial charge on any atom is -0.502 e. The van der Waals surface area contributed by atoms with Crippen molar-refractivity contribution < 1.29 is 23.2 Å². The third-order valence-electron chi connectivity index (χ3n) is 2.53. The Kier molecular flexibility index (Phi) is 4.79. The molecule has 0 unspecified atom stereocenters. The summed E-state index contributed by atoms with van der Waals surface area (Å²) in [4.78, 5) is 20.7. The van der Waals surface area contributed by atoms with E-state index in [0.717, 1.165) is 18.2 Å². The smallest absolute Gasteiger partial charge is 0.312 e. The van der Waals surface area contributed by atoms with Crippen LogP contribution < -0.4 is 4.72 Å². The van der Waals surface area contributed by atoms with Crippen molar-refractivity contribution in [2.45, 2.75) is 18.7 Å². The lowest BCUT2D eigenvalue weighted by Crippen LogP contribution is -2.31. The highest BCUT2D eigenvalue weighted by Crippen LogP contribution is 2.28. The number of nitro groups is 1. The molecule has 8 nitrogen and oxygen atoms in total. The summed E-state index contributed by atoms with van der Waals surface area (Å²) in [7, 11) is -4.05. The third kappa shape index (κ3) is 3.75. The topological polar surface area (TPSA) is 127 Å². The van der Waals surface area contributed by atoms with Crippen LogP contribution in [0.1, 0.15) is 13.8 Å². The molecule has 0 fully saturated rings. The monoisotopic (exact) mass is 302 g/mol. The van der Waals surface area contributed by atoms with E-state index in [1.54, 1.807) is 13.8 Å². The molecule has 0 amide bonds. The van der Waals surface area contributed by atoms with Crippen LogP contribution in [0.4, 0.5) is 5.69 Å². The summed E-state index contributed by atoms with van der Waals surface area (Å²) in [5, 5.41) is 19.9. The Morgan fingerprint density at radius 2 is 2.05 bits per heavy atom. The van der Waals surface area contributed by atoms with Crippen molar-refractivity contribution in [2.75, 3.05) is 6.54 Å². The van der Waals surface area contributed by atoms with Crippen LogP contribution in [0.15, 0.2) is 23.1 Å². The number of ketones is 1. The molecule has 1 rings (SSSR count). The van der Waals surface area contributed by atoms with Gasteiger partial charge in [0.1, 0.15) is 5.78 Å². The molecule has 1 aromatic carbocycles. The lowest BCUT2D eigenvalue weighted by atomic mass is 10.1. The second-order valence-electron chi connectivity index (χ2n) is 4.35. The number of rotatable bonds is 6. The van der Waals surface area contributed by atoms with Crippen LogP contribution in [0.2, 0.25) is 0 Å². The number of aromatic hydroxyl groups is 1. The quantitative estimate of drug-likeness (QED) is 0.591. The van der Waals surface area contributed by atoms with E-state index in [2.05, 4.69) is 4.72 Å². The number of nitrogens with zero attached hydrogens (tertiary/aromatic N) is 1. The van der Waals surface area contributed by atoms with Crippen LogP contribution in [0.25, 0.3) is 0 Å². The minimum atomic E-state index is -4.05. The molecule has 0 heterocycles. The number of Topliss-reactive ketones (excluding diaryl/α,β-unsaturated/α-hetero) is 1. The Hall–Kier alpha value is -2.00. The number of carbonyl (C=O) groups is 1. The zero-order chi connectivity index (χ0) is 15.5. The standard InChI is InChI=1S/C11H14N2O6S/c1-7(2)11(15)6-12-20(18,19)8-3-4-10(14)9(5-8)13(16)17/h3-5,7,12,14H,6H2,1-2H3. The van der Waals surface area contributed by atoms with Crippen molar-refractivity contribution in [3.63, 3.8) is 0 Å². The van der Waals surface area contributed by atoms with Gasteiger partial charge in [0.2, 0.25) is 10.0 Å². The summed E-state index contributed by atoms with van der Waals surface area (Å²) in [5.41, 5.74) is -0.719. The number of hydrogen-bond donors (Lipinski definition) is 2. The predicted molar refractivity (Wildman–Crippen MR) is 69.8 cm³/mol. The number of sulfonamides is 1. The maximum Gasteiger partial charge on any atom is 0.312 e. The van der Waals surface area contributed by atoms with Crippen LogP contribution in [-0.2, 0) is 14.8 Å². The van der Waals surface area contributed by atoms with Crippen LogP contribution in [0.3, 0.4) is 0 Å². The Morgan fingerprint density at radius 3 is 2.55 bits per heavy atom. The van der Waals surface area contributed by atoms with Crippen molar-refractivity contribution in [1.82, 2.24) is 4.72 Å². The molecule has 0 aliphatic rings. The van der Waals surface area contributed by atoms with Gasteiger partial charge in [-0.1, -0.05) is 13.8 Å². The lowest BCUT2D eigenvalue weighted by Gasteiger charge is -2.08. The van der Waals surface area contributed by atoms with Gasteiger partial charge in [-0.05, 0) is 12.1 Å². The summed E-state index contributed by atoms with van der Waals surface area (Å²) >= 11 is 0. The van der Waals surface area contributed by atoms with Crippen molar-refractivity contribution in [3.05, 3.63) is 28.3 Å². The minimum absolute atomic E-state index is 0.304. The average Bonchev–Trinajstić information content (AvgIpc) is 2.35. The number of nitro benzene ring substituents is 1. The van der Waals surface area contributed by atoms with Crippen molar-refractivity contribution in [3.8, 4) is 5.75 Å². The Balaban J connectivity index is 3.02. The van der Waals surface area contributed by atoms with Gasteiger partial charge in [0.15, 0.2) is 5.75 Å². The third-order valence-corrected chi connectivity index (χ3v) is 3.93. The van der Waals surface area contributed by atoms with Gasteiger partial charge in [0.05, 0.1) is 16.4 Å². The van der Waals surface area contributed by atoms with Crippen LogP contribution in [0, 0.1) is 16.0 Å². The van der Waals surface area contributed by atoms with Gasteiger partial charge in [-0.25, -0.2) is 13.1 Å². The highest BCUT2D eigenvalue weighted by Gasteiger charge is 2.22. The van der Waals surface area contributed by atoms with Crippen LogP contribution >= 0.6 is 0 Å². The van der Waals surface area contributed by atoms with Gasteiger partial charge in [0.25, 0.3) is 0 Å². The Labute approximate surface area is 115 Å². The number of benzene rings is 1. The van der Waals surface area contributed by atoms with Gasteiger partial charge in [-0.2, -0.15) is 0 Å². The molecule has 0 spiro atoms. The highest BCUT2D eigenvalue weighted by molar-refractivity contribution is 7.89. The van der Waals surface area contributed by atoms with E-state index in [4.69, 9.17) is 0 Å². The molecule has 110 valence electrons. The fourth-order valence-electron chi connectivity index (χ4n) is 1.27. The summed E-state index contributed by atoms with van der Waals surface area (Å²) in [6, 6.07) is 2.67. The molecule has 0 bridgehead atoms. The maximum atomic E-state index is 11.9. The largest absolute Gasteiger partial charge is 0.502 e. The zero-order valence-corrected chi connectivity index (χ0v) is 11.7. The van der Waals surface area contributed by atoms with E-state index in [0.29, 0.717) is 0 Å². The first-order valence-corrected chi connectivity index (χ1v) is 7.13. The first kappa shape index (κ1) is 16.1. The van der Waals surface area contributed by atoms with E-state index >= 15 is 0 Å². The summed E-state index contributed by atoms with van der Waals surface area (Å²) in [5.74, 6) is -1.26. The second kappa shape index (κ2) is 5.97. The molecule has 0 radical (unpaired) electrons. The zero-order valence-electron chi connectivity index (χ0n) is 10.9. The van der Waals surface area contributed by atoms with Gasteiger partial charge < -0.3 is 5.11 Å². The molecule has 20 heavy (non-hydrogen) atoms. The van der Waals surface area contributed by atoms with Gasteiger partial charge >= 0.3 is 5.69 Å². The number of carbonyl (C=O) groups excluding carboxylic acids is 1. The van der Waals surface area contributed by atoms with Crippen LogP contribution in [0.5, 0.6) is 5.75 Å². The molecule has 2 N–H and O–H groups in total. The van der Waals surface area contributed by atoms with Gasteiger partial charge in [0, 0.05) is 12.0 Å². The number of hydrogen-bond acceptors (Lipinski definition) is 6. The van der Waals surface area contributed by atoms with Crippen molar-refractivity contribution in [1.29, 1.82) is 0 Å². The van der Waals surface area contributed by atoms with E-state index in [-0.39, 0.29) is 11.7 Å². The van der Waals surface area contributed by atoms with Crippen molar-refractivity contribution in [2.24, 2.45) is 5.92 Å². The predicted octanol–water partition coefficient (Wildman–Crippen LogP) is 0.804. The highest BCUT2D eigenvalue weighted by atomic mass is 32.2. The first-order chi connectivity index (χ1) is 9.15. The Morgan fingerprint density at radius 1 is 1.45 bits per heavy atom. The molecular weight excluding hydrogens is 288 g/mol. The maximum absolute atomic E-state index is 11.9. The summed E-state index contributed by atoms with van der Waals surface area (Å²) in [6.07, 6.45) is 0. The molecule has 9 heteroatoms. The first-order valence-electron chi connectivity index (χ1n) is 5.65. The molecule has 0 aromatic heterocycles. The summed E-state index contributed by atoms with van der Waals surface area (Å²) in [6.45, 7) is 2.86. The fraction of sp³-hybridized carbons (Fsp3) is 0.364. The molecule has 0 saturated heterocycles. The number of nitrogens with one attached hydrogen (secondary N) is 1. The lowest BCUT2D eigenvalue weighted by molar-refractivity contribution is -0.386. The molecule has 0 atom stereocenters. The normalized spacial score (nSPS) is 11.6. The number of phenols is 1. The van der Waals surface area contributed by atoms with E-state index in [1.165, 1.54) is 0 Å². The van der Waals surface area contributed by atoms with Crippen LogP contribution in [-0.4, -0.2) is 30.8 Å². The van der Waals surface area contributed by atoms with Crippen molar-refractivity contribution >= 4 is 21.5 Å². The van der Waals surface area contributed by atoms with E-state index < -0.39 is 37.8 Å². The van der Waals surface area contributed by atoms with E-state index in [1.807, 2.05) is 0 Å². The summed E-state index contributed by atoms with van der Waals surface area (Å²) < 4.78 is 25.8. The fourth-order valence-corrected chi connectivity index (χ4v) is 2.28. The molecular formula is C11H14N2O6S. The van der Waals surface area contributed by atoms with Gasteiger partial charge in [-0.3, -0.25) is 14.9 Å². The number of phenolic OH excluding ortho intramolecular Hbond substituents is 1. The average molecular weight is 302 g/mol. The molecule has 1 aromatic rings. The SMILES string of the molecule is CC(C)C(=O)CNS(=O)(=O)c1ccc(O)c([N+](=O)[O-])c1. The Bertz CT molecular complexity index is 638. The molecule has 0 aliphatic heterocycles. The molecule has 0 saturated carbocycles. The second-order valence-corrected chi connectivity index (χ2v) is 6.12. The molecule has 0 aliphatic carbocycles. The van der Waals surface area contributed by atoms with E-state index in [9.17, 15) is 28.4 Å².